The van der Waals surface area contributed by atoms with E-state index in [4.69, 9.17) is 0 Å². The lowest BCUT2D eigenvalue weighted by Crippen LogP contribution is -2.28. The molecular weight excluding hydrogens is 442 g/mol. The molecule has 0 aromatic heterocycles. The van der Waals surface area contributed by atoms with Crippen molar-refractivity contribution in [2.24, 2.45) is 5.92 Å². The Kier molecular flexibility index (Phi) is 25.9. The predicted octanol–water partition coefficient (Wildman–Crippen LogP) is 9.65. The minimum Gasteiger partial charge on any atom is -0.309 e. The van der Waals surface area contributed by atoms with Gasteiger partial charge in [-0.05, 0) is 51.9 Å². The van der Waals surface area contributed by atoms with Crippen molar-refractivity contribution in [3.63, 3.8) is 0 Å². The Morgan fingerprint density at radius 1 is 0.583 bits per heavy atom. The molecule has 36 heavy (non-hydrogen) atoms. The van der Waals surface area contributed by atoms with Crippen LogP contribution in [-0.4, -0.2) is 37.1 Å². The zero-order valence-corrected chi connectivity index (χ0v) is 24.7. The van der Waals surface area contributed by atoms with Gasteiger partial charge >= 0.3 is 0 Å². The lowest BCUT2D eigenvalue weighted by atomic mass is 9.95. The van der Waals surface area contributed by atoms with Gasteiger partial charge in [0.25, 0.3) is 0 Å². The van der Waals surface area contributed by atoms with Gasteiger partial charge in [0.05, 0.1) is 0 Å². The van der Waals surface area contributed by atoms with E-state index in [1.165, 1.54) is 103 Å². The third kappa shape index (κ3) is 24.5. The number of ketones is 2. The van der Waals surface area contributed by atoms with Gasteiger partial charge < -0.3 is 4.90 Å². The normalized spacial score (nSPS) is 12.8. The summed E-state index contributed by atoms with van der Waals surface area (Å²) in [5, 5.41) is 0. The van der Waals surface area contributed by atoms with Crippen molar-refractivity contribution in [1.82, 2.24) is 4.90 Å². The highest BCUT2D eigenvalue weighted by Crippen LogP contribution is 2.13. The van der Waals surface area contributed by atoms with Crippen LogP contribution in [0.2, 0.25) is 0 Å². The van der Waals surface area contributed by atoms with E-state index in [1.54, 1.807) is 12.2 Å². The van der Waals surface area contributed by atoms with Crippen LogP contribution in [0.3, 0.4) is 0 Å². The van der Waals surface area contributed by atoms with E-state index in [9.17, 15) is 9.59 Å². The summed E-state index contributed by atoms with van der Waals surface area (Å²) in [4.78, 5) is 27.2. The summed E-state index contributed by atoms with van der Waals surface area (Å²) >= 11 is 0. The SMILES string of the molecule is CCCCCCCCCCCC=CC(=O)CC(CN(C)C)C(=O)C=CCCCCCCCCCCC. The average molecular weight is 504 g/mol. The van der Waals surface area contributed by atoms with Crippen molar-refractivity contribution >= 4 is 11.6 Å². The molecule has 0 bridgehead atoms. The van der Waals surface area contributed by atoms with Crippen molar-refractivity contribution in [3.8, 4) is 0 Å². The molecule has 3 nitrogen and oxygen atoms in total. The van der Waals surface area contributed by atoms with E-state index in [1.807, 2.05) is 31.1 Å². The molecular formula is C33H61NO2. The van der Waals surface area contributed by atoms with Gasteiger partial charge in [-0.3, -0.25) is 9.59 Å². The highest BCUT2D eigenvalue weighted by Gasteiger charge is 2.19. The number of hydrogen-bond donors (Lipinski definition) is 0. The zero-order valence-electron chi connectivity index (χ0n) is 24.7. The molecule has 0 rings (SSSR count). The first kappa shape index (κ1) is 34.8. The lowest BCUT2D eigenvalue weighted by molar-refractivity contribution is -0.123. The predicted molar refractivity (Wildman–Crippen MR) is 159 cm³/mol. The fourth-order valence-corrected chi connectivity index (χ4v) is 4.70. The number of carbonyl (C=O) groups excluding carboxylic acids is 2. The Bertz CT molecular complexity index is 564. The van der Waals surface area contributed by atoms with Crippen LogP contribution < -0.4 is 0 Å². The van der Waals surface area contributed by atoms with Crippen LogP contribution in [0.15, 0.2) is 24.3 Å². The standard InChI is InChI=1S/C33H61NO2/c1-5-7-9-11-13-15-17-19-21-23-25-27-32(35)29-31(30-34(3)4)33(36)28-26-24-22-20-18-16-14-12-10-8-6-2/h25-28,31H,5-24,29-30H2,1-4H3. The second-order valence-electron chi connectivity index (χ2n) is 11.1. The minimum absolute atomic E-state index is 0.0819. The largest absolute Gasteiger partial charge is 0.309 e. The quantitative estimate of drug-likeness (QED) is 0.0827. The second kappa shape index (κ2) is 26.8. The molecule has 0 spiro atoms. The van der Waals surface area contributed by atoms with E-state index in [0.717, 1.165) is 25.7 Å². The molecule has 0 saturated heterocycles. The molecule has 0 radical (unpaired) electrons. The Morgan fingerprint density at radius 3 is 1.39 bits per heavy atom. The molecule has 0 aromatic carbocycles. The summed E-state index contributed by atoms with van der Waals surface area (Å²) in [6.07, 6.45) is 33.4. The van der Waals surface area contributed by atoms with Crippen LogP contribution in [0, 0.1) is 5.92 Å². The first-order chi connectivity index (χ1) is 17.5. The van der Waals surface area contributed by atoms with Crippen LogP contribution in [-0.2, 0) is 9.59 Å². The smallest absolute Gasteiger partial charge is 0.160 e. The van der Waals surface area contributed by atoms with E-state index in [0.29, 0.717) is 13.0 Å². The molecule has 0 heterocycles. The topological polar surface area (TPSA) is 37.4 Å². The maximum absolute atomic E-state index is 12.7. The highest BCUT2D eigenvalue weighted by atomic mass is 16.1. The fourth-order valence-electron chi connectivity index (χ4n) is 4.70. The highest BCUT2D eigenvalue weighted by molar-refractivity contribution is 5.98. The fraction of sp³-hybridized carbons (Fsp3) is 0.818. The summed E-state index contributed by atoms with van der Waals surface area (Å²) < 4.78 is 0. The molecule has 0 saturated carbocycles. The molecule has 0 aliphatic carbocycles. The minimum atomic E-state index is -0.246. The maximum atomic E-state index is 12.7. The molecule has 0 N–H and O–H groups in total. The summed E-state index contributed by atoms with van der Waals surface area (Å²) in [5.41, 5.74) is 0. The molecule has 0 aromatic rings. The van der Waals surface area contributed by atoms with Crippen molar-refractivity contribution in [2.75, 3.05) is 20.6 Å². The van der Waals surface area contributed by atoms with Crippen LogP contribution in [0.25, 0.3) is 0 Å². The van der Waals surface area contributed by atoms with Gasteiger partial charge in [-0.15, -0.1) is 0 Å². The van der Waals surface area contributed by atoms with Crippen molar-refractivity contribution in [1.29, 1.82) is 0 Å². The molecule has 0 aliphatic heterocycles. The number of allylic oxidation sites excluding steroid dienone is 4. The monoisotopic (exact) mass is 503 g/mol. The third-order valence-corrected chi connectivity index (χ3v) is 6.97. The van der Waals surface area contributed by atoms with Crippen LogP contribution in [0.4, 0.5) is 0 Å². The molecule has 0 aliphatic rings. The van der Waals surface area contributed by atoms with Gasteiger partial charge in [-0.1, -0.05) is 129 Å². The van der Waals surface area contributed by atoms with Gasteiger partial charge in [0.15, 0.2) is 11.6 Å². The first-order valence-corrected chi connectivity index (χ1v) is 15.6. The van der Waals surface area contributed by atoms with Gasteiger partial charge in [-0.25, -0.2) is 0 Å². The van der Waals surface area contributed by atoms with Crippen LogP contribution in [0.1, 0.15) is 149 Å². The molecule has 0 fully saturated rings. The van der Waals surface area contributed by atoms with Gasteiger partial charge in [0.2, 0.25) is 0 Å². The van der Waals surface area contributed by atoms with E-state index in [2.05, 4.69) is 13.8 Å². The summed E-state index contributed by atoms with van der Waals surface area (Å²) in [6.45, 7) is 5.14. The Morgan fingerprint density at radius 2 is 0.972 bits per heavy atom. The first-order valence-electron chi connectivity index (χ1n) is 15.6. The molecule has 1 unspecified atom stereocenters. The lowest BCUT2D eigenvalue weighted by Gasteiger charge is -2.17. The maximum Gasteiger partial charge on any atom is 0.160 e. The Balaban J connectivity index is 4.06. The Hall–Kier alpha value is -1.22. The van der Waals surface area contributed by atoms with Gasteiger partial charge in [-0.2, -0.15) is 0 Å². The molecule has 0 amide bonds. The zero-order chi connectivity index (χ0) is 26.7. The average Bonchev–Trinajstić information content (AvgIpc) is 2.85. The van der Waals surface area contributed by atoms with E-state index < -0.39 is 0 Å². The number of rotatable bonds is 27. The van der Waals surface area contributed by atoms with Gasteiger partial charge in [0.1, 0.15) is 0 Å². The number of nitrogens with zero attached hydrogens (tertiary/aromatic N) is 1. The van der Waals surface area contributed by atoms with Gasteiger partial charge in [0, 0.05) is 18.9 Å². The number of carbonyl (C=O) groups is 2. The second-order valence-corrected chi connectivity index (χ2v) is 11.1. The van der Waals surface area contributed by atoms with Crippen molar-refractivity contribution in [3.05, 3.63) is 24.3 Å². The van der Waals surface area contributed by atoms with E-state index >= 15 is 0 Å². The molecule has 3 heteroatoms. The summed E-state index contributed by atoms with van der Waals surface area (Å²) in [7, 11) is 3.94. The van der Waals surface area contributed by atoms with Crippen molar-refractivity contribution in [2.45, 2.75) is 149 Å². The van der Waals surface area contributed by atoms with Crippen LogP contribution >= 0.6 is 0 Å². The molecule has 210 valence electrons. The number of hydrogen-bond acceptors (Lipinski definition) is 3. The molecule has 1 atom stereocenters. The summed E-state index contributed by atoms with van der Waals surface area (Å²) in [6, 6.07) is 0. The Labute approximate surface area is 225 Å². The van der Waals surface area contributed by atoms with Crippen LogP contribution in [0.5, 0.6) is 0 Å². The third-order valence-electron chi connectivity index (χ3n) is 6.97. The van der Waals surface area contributed by atoms with E-state index in [-0.39, 0.29) is 17.5 Å². The summed E-state index contributed by atoms with van der Waals surface area (Å²) in [5.74, 6) is -0.0667. The van der Waals surface area contributed by atoms with Crippen molar-refractivity contribution < 1.29 is 9.59 Å². The number of unbranched alkanes of at least 4 members (excludes halogenated alkanes) is 18.